The molecule has 0 radical (unpaired) electrons. The van der Waals surface area contributed by atoms with Gasteiger partial charge in [-0.2, -0.15) is 10.2 Å². The minimum Gasteiger partial charge on any atom is -0.506 e. The van der Waals surface area contributed by atoms with Crippen LogP contribution in [0.25, 0.3) is 0 Å². The van der Waals surface area contributed by atoms with E-state index in [0.717, 1.165) is 5.56 Å². The highest BCUT2D eigenvalue weighted by Crippen LogP contribution is 2.32. The summed E-state index contributed by atoms with van der Waals surface area (Å²) in [5, 5.41) is 19.3. The summed E-state index contributed by atoms with van der Waals surface area (Å²) in [6, 6.07) is 3.37. The molecule has 0 amide bonds. The molecule has 3 N–H and O–H groups in total. The van der Waals surface area contributed by atoms with Crippen LogP contribution in [-0.4, -0.2) is 21.5 Å². The van der Waals surface area contributed by atoms with E-state index in [-0.39, 0.29) is 10.8 Å². The minimum absolute atomic E-state index is 0.0229. The Labute approximate surface area is 135 Å². The molecular weight excluding hydrogens is 415 g/mol. The SMILES string of the molecule is O=c1[nH]ncc(N/N=C\c2cc(Br)c(O)c(Br)c2)c1Cl. The number of benzene rings is 1. The number of hydrogen-bond acceptors (Lipinski definition) is 5. The molecule has 0 aliphatic carbocycles. The Balaban J connectivity index is 2.18. The van der Waals surface area contributed by atoms with E-state index in [1.54, 1.807) is 12.1 Å². The van der Waals surface area contributed by atoms with E-state index < -0.39 is 5.56 Å². The monoisotopic (exact) mass is 420 g/mol. The van der Waals surface area contributed by atoms with Gasteiger partial charge in [-0.05, 0) is 49.6 Å². The highest BCUT2D eigenvalue weighted by atomic mass is 79.9. The fourth-order valence-electron chi connectivity index (χ4n) is 1.30. The Morgan fingerprint density at radius 3 is 2.70 bits per heavy atom. The van der Waals surface area contributed by atoms with Crippen molar-refractivity contribution >= 4 is 55.4 Å². The van der Waals surface area contributed by atoms with E-state index in [9.17, 15) is 9.90 Å². The Morgan fingerprint density at radius 2 is 2.05 bits per heavy atom. The summed E-state index contributed by atoms with van der Waals surface area (Å²) in [4.78, 5) is 11.2. The van der Waals surface area contributed by atoms with E-state index in [1.807, 2.05) is 0 Å². The Bertz CT molecular complexity index is 710. The molecule has 0 atom stereocenters. The maximum atomic E-state index is 11.2. The van der Waals surface area contributed by atoms with Crippen molar-refractivity contribution < 1.29 is 5.11 Å². The number of aromatic amines is 1. The molecule has 1 aromatic heterocycles. The van der Waals surface area contributed by atoms with Crippen molar-refractivity contribution in [1.29, 1.82) is 0 Å². The number of hydrazone groups is 1. The van der Waals surface area contributed by atoms with Crippen molar-refractivity contribution in [3.8, 4) is 5.75 Å². The molecule has 1 heterocycles. The minimum atomic E-state index is -0.498. The van der Waals surface area contributed by atoms with Gasteiger partial charge in [-0.25, -0.2) is 5.10 Å². The van der Waals surface area contributed by atoms with Gasteiger partial charge in [-0.1, -0.05) is 11.6 Å². The summed E-state index contributed by atoms with van der Waals surface area (Å²) in [6.45, 7) is 0. The van der Waals surface area contributed by atoms with Gasteiger partial charge in [0.1, 0.15) is 16.5 Å². The number of halogens is 3. The average molecular weight is 422 g/mol. The molecule has 2 aromatic rings. The predicted molar refractivity (Wildman–Crippen MR) is 84.6 cm³/mol. The Hall–Kier alpha value is -1.38. The summed E-state index contributed by atoms with van der Waals surface area (Å²) in [7, 11) is 0. The molecule has 0 aliphatic heterocycles. The largest absolute Gasteiger partial charge is 0.506 e. The van der Waals surface area contributed by atoms with Crippen molar-refractivity contribution in [3.63, 3.8) is 0 Å². The quantitative estimate of drug-likeness (QED) is 0.524. The van der Waals surface area contributed by atoms with Crippen LogP contribution in [0.5, 0.6) is 5.75 Å². The number of phenolic OH excluding ortho intramolecular Hbond substituents is 1. The lowest BCUT2D eigenvalue weighted by molar-refractivity contribution is 0.468. The first-order valence-corrected chi connectivity index (χ1v) is 7.15. The van der Waals surface area contributed by atoms with Crippen molar-refractivity contribution in [3.05, 3.63) is 48.2 Å². The molecule has 0 fully saturated rings. The molecule has 20 heavy (non-hydrogen) atoms. The fraction of sp³-hybridized carbons (Fsp3) is 0. The van der Waals surface area contributed by atoms with E-state index >= 15 is 0 Å². The van der Waals surface area contributed by atoms with Gasteiger partial charge in [-0.15, -0.1) is 0 Å². The van der Waals surface area contributed by atoms with Crippen LogP contribution in [0.4, 0.5) is 5.69 Å². The lowest BCUT2D eigenvalue weighted by Gasteiger charge is -2.03. The van der Waals surface area contributed by atoms with Gasteiger partial charge < -0.3 is 5.11 Å². The highest BCUT2D eigenvalue weighted by molar-refractivity contribution is 9.11. The molecule has 0 unspecified atom stereocenters. The third-order valence-electron chi connectivity index (χ3n) is 2.23. The highest BCUT2D eigenvalue weighted by Gasteiger charge is 2.05. The van der Waals surface area contributed by atoms with Gasteiger partial charge in [0.05, 0.1) is 21.4 Å². The van der Waals surface area contributed by atoms with Crippen molar-refractivity contribution in [1.82, 2.24) is 10.2 Å². The number of aromatic nitrogens is 2. The number of aromatic hydroxyl groups is 1. The second-order valence-corrected chi connectivity index (χ2v) is 5.72. The number of anilines is 1. The summed E-state index contributed by atoms with van der Waals surface area (Å²) < 4.78 is 1.06. The van der Waals surface area contributed by atoms with Crippen molar-refractivity contribution in [2.45, 2.75) is 0 Å². The second kappa shape index (κ2) is 6.38. The molecule has 0 saturated heterocycles. The molecular formula is C11H7Br2ClN4O2. The predicted octanol–water partition coefficient (Wildman–Crippen LogP) is 3.10. The zero-order chi connectivity index (χ0) is 14.7. The number of nitrogens with zero attached hydrogens (tertiary/aromatic N) is 2. The summed E-state index contributed by atoms with van der Waals surface area (Å²) in [5.41, 5.74) is 3.14. The smallest absolute Gasteiger partial charge is 0.285 e. The molecule has 0 spiro atoms. The lowest BCUT2D eigenvalue weighted by Crippen LogP contribution is -2.10. The van der Waals surface area contributed by atoms with Gasteiger partial charge >= 0.3 is 0 Å². The van der Waals surface area contributed by atoms with E-state index in [4.69, 9.17) is 11.6 Å². The van der Waals surface area contributed by atoms with Crippen LogP contribution in [0.1, 0.15) is 5.56 Å². The number of rotatable bonds is 3. The number of hydrogen-bond donors (Lipinski definition) is 3. The van der Waals surface area contributed by atoms with Gasteiger partial charge in [0, 0.05) is 0 Å². The van der Waals surface area contributed by atoms with Crippen molar-refractivity contribution in [2.75, 3.05) is 5.43 Å². The van der Waals surface area contributed by atoms with E-state index in [0.29, 0.717) is 14.6 Å². The molecule has 104 valence electrons. The first-order chi connectivity index (χ1) is 9.49. The summed E-state index contributed by atoms with van der Waals surface area (Å²) in [5.74, 6) is 0.108. The summed E-state index contributed by atoms with van der Waals surface area (Å²) >= 11 is 12.2. The summed E-state index contributed by atoms with van der Waals surface area (Å²) in [6.07, 6.45) is 2.86. The van der Waals surface area contributed by atoms with Crippen molar-refractivity contribution in [2.24, 2.45) is 5.10 Å². The molecule has 1 aromatic carbocycles. The lowest BCUT2D eigenvalue weighted by atomic mass is 10.2. The second-order valence-electron chi connectivity index (χ2n) is 3.63. The van der Waals surface area contributed by atoms with Crippen LogP contribution in [-0.2, 0) is 0 Å². The van der Waals surface area contributed by atoms with Crippen LogP contribution >= 0.6 is 43.5 Å². The zero-order valence-electron chi connectivity index (χ0n) is 9.69. The zero-order valence-corrected chi connectivity index (χ0v) is 13.6. The van der Waals surface area contributed by atoms with Gasteiger partial charge in [0.15, 0.2) is 0 Å². The van der Waals surface area contributed by atoms with E-state index in [1.165, 1.54) is 12.4 Å². The molecule has 0 bridgehead atoms. The maximum Gasteiger partial charge on any atom is 0.285 e. The molecule has 6 nitrogen and oxygen atoms in total. The number of H-pyrrole nitrogens is 1. The Kier molecular flexibility index (Phi) is 4.79. The van der Waals surface area contributed by atoms with Gasteiger partial charge in [-0.3, -0.25) is 10.2 Å². The normalized spacial score (nSPS) is 10.9. The molecule has 9 heteroatoms. The Morgan fingerprint density at radius 1 is 1.40 bits per heavy atom. The fourth-order valence-corrected chi connectivity index (χ4v) is 2.65. The van der Waals surface area contributed by atoms with Crippen LogP contribution in [0, 0.1) is 0 Å². The molecule has 2 rings (SSSR count). The average Bonchev–Trinajstić information content (AvgIpc) is 2.41. The molecule has 0 aliphatic rings. The van der Waals surface area contributed by atoms with E-state index in [2.05, 4.69) is 52.6 Å². The van der Waals surface area contributed by atoms with Gasteiger partial charge in [0.2, 0.25) is 0 Å². The van der Waals surface area contributed by atoms with Crippen LogP contribution < -0.4 is 11.0 Å². The first kappa shape index (κ1) is 15.0. The topological polar surface area (TPSA) is 90.4 Å². The number of phenols is 1. The standard InChI is InChI=1S/C11H7Br2ClN4O2/c12-6-1-5(2-7(13)10(6)19)3-15-17-8-4-16-18-11(20)9(8)14/h1-4,19H,(H2,17,18,20)/b15-3-. The third-order valence-corrected chi connectivity index (χ3v) is 3.82. The maximum absolute atomic E-state index is 11.2. The molecule has 0 saturated carbocycles. The first-order valence-electron chi connectivity index (χ1n) is 5.19. The number of nitrogens with one attached hydrogen (secondary N) is 2. The third kappa shape index (κ3) is 3.38. The van der Waals surface area contributed by atoms with Gasteiger partial charge in [0.25, 0.3) is 5.56 Å². The van der Waals surface area contributed by atoms with Crippen LogP contribution in [0.2, 0.25) is 5.02 Å². The van der Waals surface area contributed by atoms with Crippen LogP contribution in [0.3, 0.4) is 0 Å². The van der Waals surface area contributed by atoms with Crippen LogP contribution in [0.15, 0.2) is 37.2 Å².